The maximum atomic E-state index is 3.82. The molecule has 2 fully saturated rings. The van der Waals surface area contributed by atoms with Crippen molar-refractivity contribution >= 4 is 11.8 Å². The second-order valence-electron chi connectivity index (χ2n) is 4.46. The highest BCUT2D eigenvalue weighted by atomic mass is 32.2. The Morgan fingerprint density at radius 2 is 2.00 bits per heavy atom. The number of hydrogen-bond acceptors (Lipinski definition) is 2. The van der Waals surface area contributed by atoms with Gasteiger partial charge in [0.15, 0.2) is 0 Å². The van der Waals surface area contributed by atoms with Crippen molar-refractivity contribution in [3.05, 3.63) is 0 Å². The van der Waals surface area contributed by atoms with Gasteiger partial charge in [-0.1, -0.05) is 19.8 Å². The first-order chi connectivity index (χ1) is 6.40. The molecule has 0 spiro atoms. The summed E-state index contributed by atoms with van der Waals surface area (Å²) in [5, 5.41) is 3.82. The van der Waals surface area contributed by atoms with Crippen LogP contribution in [0.15, 0.2) is 0 Å². The summed E-state index contributed by atoms with van der Waals surface area (Å²) in [6.45, 7) is 2.30. The van der Waals surface area contributed by atoms with Crippen molar-refractivity contribution in [1.29, 1.82) is 0 Å². The van der Waals surface area contributed by atoms with E-state index in [-0.39, 0.29) is 0 Å². The van der Waals surface area contributed by atoms with Crippen LogP contribution in [-0.4, -0.2) is 23.6 Å². The topological polar surface area (TPSA) is 12.0 Å². The van der Waals surface area contributed by atoms with E-state index in [1.807, 2.05) is 0 Å². The normalized spacial score (nSPS) is 36.7. The van der Waals surface area contributed by atoms with Crippen molar-refractivity contribution in [2.75, 3.05) is 11.5 Å². The van der Waals surface area contributed by atoms with Crippen LogP contribution in [0.1, 0.15) is 39.0 Å². The van der Waals surface area contributed by atoms with Crippen LogP contribution in [0.25, 0.3) is 0 Å². The molecule has 0 radical (unpaired) electrons. The van der Waals surface area contributed by atoms with E-state index in [1.165, 1.54) is 43.6 Å². The van der Waals surface area contributed by atoms with Crippen LogP contribution in [0.2, 0.25) is 0 Å². The molecule has 2 rings (SSSR count). The Hall–Kier alpha value is 0.310. The van der Waals surface area contributed by atoms with Crippen LogP contribution in [0.3, 0.4) is 0 Å². The molecular weight excluding hydrogens is 178 g/mol. The quantitative estimate of drug-likeness (QED) is 0.734. The third kappa shape index (κ3) is 2.41. The monoisotopic (exact) mass is 199 g/mol. The van der Waals surface area contributed by atoms with E-state index in [9.17, 15) is 0 Å². The number of thioether (sulfide) groups is 1. The Morgan fingerprint density at radius 1 is 1.23 bits per heavy atom. The number of nitrogens with one attached hydrogen (secondary N) is 1. The van der Waals surface area contributed by atoms with Gasteiger partial charge in [0.05, 0.1) is 0 Å². The van der Waals surface area contributed by atoms with Crippen molar-refractivity contribution in [3.63, 3.8) is 0 Å². The third-order valence-corrected chi connectivity index (χ3v) is 4.76. The van der Waals surface area contributed by atoms with Crippen LogP contribution in [0, 0.1) is 5.92 Å². The first-order valence-electron chi connectivity index (χ1n) is 5.74. The molecular formula is C11H21NS. The van der Waals surface area contributed by atoms with Gasteiger partial charge in [-0.25, -0.2) is 0 Å². The van der Waals surface area contributed by atoms with E-state index in [1.54, 1.807) is 0 Å². The lowest BCUT2D eigenvalue weighted by atomic mass is 9.98. The average molecular weight is 199 g/mol. The molecule has 0 aromatic heterocycles. The summed E-state index contributed by atoms with van der Waals surface area (Å²) in [6, 6.07) is 1.63. The van der Waals surface area contributed by atoms with E-state index >= 15 is 0 Å². The van der Waals surface area contributed by atoms with Crippen LogP contribution in [-0.2, 0) is 0 Å². The van der Waals surface area contributed by atoms with Crippen molar-refractivity contribution < 1.29 is 0 Å². The maximum absolute atomic E-state index is 3.82. The minimum Gasteiger partial charge on any atom is -0.309 e. The SMILES string of the molecule is CCC1CSCC(C2CCCC2)N1. The highest BCUT2D eigenvalue weighted by Crippen LogP contribution is 2.31. The average Bonchev–Trinajstić information content (AvgIpc) is 2.71. The van der Waals surface area contributed by atoms with Crippen molar-refractivity contribution in [1.82, 2.24) is 5.32 Å². The lowest BCUT2D eigenvalue weighted by molar-refractivity contribution is 0.344. The Kier molecular flexibility index (Phi) is 3.56. The molecule has 0 amide bonds. The maximum Gasteiger partial charge on any atom is 0.0189 e. The van der Waals surface area contributed by atoms with Crippen LogP contribution >= 0.6 is 11.8 Å². The van der Waals surface area contributed by atoms with Crippen molar-refractivity contribution in [2.45, 2.75) is 51.1 Å². The minimum atomic E-state index is 0.796. The molecule has 2 atom stereocenters. The van der Waals surface area contributed by atoms with E-state index in [2.05, 4.69) is 24.0 Å². The van der Waals surface area contributed by atoms with Gasteiger partial charge in [0, 0.05) is 23.6 Å². The van der Waals surface area contributed by atoms with E-state index in [4.69, 9.17) is 0 Å². The lowest BCUT2D eigenvalue weighted by Gasteiger charge is -2.33. The molecule has 1 saturated heterocycles. The zero-order valence-electron chi connectivity index (χ0n) is 8.59. The fourth-order valence-corrected chi connectivity index (χ4v) is 3.98. The summed E-state index contributed by atoms with van der Waals surface area (Å²) in [5.74, 6) is 3.70. The van der Waals surface area contributed by atoms with Crippen LogP contribution in [0.4, 0.5) is 0 Å². The summed E-state index contributed by atoms with van der Waals surface area (Å²) in [6.07, 6.45) is 7.22. The van der Waals surface area contributed by atoms with E-state index < -0.39 is 0 Å². The van der Waals surface area contributed by atoms with Gasteiger partial charge in [0.25, 0.3) is 0 Å². The van der Waals surface area contributed by atoms with Gasteiger partial charge in [0.1, 0.15) is 0 Å². The molecule has 2 unspecified atom stereocenters. The molecule has 13 heavy (non-hydrogen) atoms. The molecule has 0 aromatic rings. The van der Waals surface area contributed by atoms with Gasteiger partial charge in [0.2, 0.25) is 0 Å². The van der Waals surface area contributed by atoms with Crippen molar-refractivity contribution in [3.8, 4) is 0 Å². The molecule has 2 aliphatic rings. The first kappa shape index (κ1) is 9.85. The number of hydrogen-bond donors (Lipinski definition) is 1. The fraction of sp³-hybridized carbons (Fsp3) is 1.00. The Bertz CT molecular complexity index is 154. The Labute approximate surface area is 86.0 Å². The second-order valence-corrected chi connectivity index (χ2v) is 5.54. The molecule has 1 saturated carbocycles. The molecule has 0 bridgehead atoms. The zero-order valence-corrected chi connectivity index (χ0v) is 9.41. The summed E-state index contributed by atoms with van der Waals surface area (Å²) >= 11 is 2.16. The van der Waals surface area contributed by atoms with Gasteiger partial charge in [-0.2, -0.15) is 11.8 Å². The highest BCUT2D eigenvalue weighted by molar-refractivity contribution is 7.99. The van der Waals surface area contributed by atoms with E-state index in [0.717, 1.165) is 18.0 Å². The van der Waals surface area contributed by atoms with Gasteiger partial charge in [-0.05, 0) is 25.2 Å². The highest BCUT2D eigenvalue weighted by Gasteiger charge is 2.29. The zero-order chi connectivity index (χ0) is 9.10. The van der Waals surface area contributed by atoms with E-state index in [0.29, 0.717) is 0 Å². The summed E-state index contributed by atoms with van der Waals surface area (Å²) < 4.78 is 0. The first-order valence-corrected chi connectivity index (χ1v) is 6.89. The predicted octanol–water partition coefficient (Wildman–Crippen LogP) is 2.66. The Morgan fingerprint density at radius 3 is 2.69 bits per heavy atom. The van der Waals surface area contributed by atoms with Crippen LogP contribution < -0.4 is 5.32 Å². The molecule has 1 nitrogen and oxygen atoms in total. The summed E-state index contributed by atoms with van der Waals surface area (Å²) in [5.41, 5.74) is 0. The lowest BCUT2D eigenvalue weighted by Crippen LogP contribution is -2.48. The molecule has 1 N–H and O–H groups in total. The minimum absolute atomic E-state index is 0.796. The second kappa shape index (κ2) is 4.70. The fourth-order valence-electron chi connectivity index (χ4n) is 2.60. The smallest absolute Gasteiger partial charge is 0.0189 e. The van der Waals surface area contributed by atoms with Gasteiger partial charge >= 0.3 is 0 Å². The molecule has 2 heteroatoms. The standard InChI is InChI=1S/C11H21NS/c1-2-10-7-13-8-11(12-10)9-5-3-4-6-9/h9-12H,2-8H2,1H3. The largest absolute Gasteiger partial charge is 0.309 e. The van der Waals surface area contributed by atoms with Gasteiger partial charge in [-0.15, -0.1) is 0 Å². The summed E-state index contributed by atoms with van der Waals surface area (Å²) in [7, 11) is 0. The van der Waals surface area contributed by atoms with Gasteiger partial charge < -0.3 is 5.32 Å². The molecule has 76 valence electrons. The summed E-state index contributed by atoms with van der Waals surface area (Å²) in [4.78, 5) is 0. The molecule has 1 aliphatic heterocycles. The molecule has 0 aromatic carbocycles. The van der Waals surface area contributed by atoms with Gasteiger partial charge in [-0.3, -0.25) is 0 Å². The third-order valence-electron chi connectivity index (χ3n) is 3.53. The number of rotatable bonds is 2. The van der Waals surface area contributed by atoms with Crippen molar-refractivity contribution in [2.24, 2.45) is 5.92 Å². The molecule has 1 aliphatic carbocycles. The predicted molar refractivity (Wildman–Crippen MR) is 60.3 cm³/mol. The molecule has 1 heterocycles. The van der Waals surface area contributed by atoms with Crippen LogP contribution in [0.5, 0.6) is 0 Å². The Balaban J connectivity index is 1.84.